The van der Waals surface area contributed by atoms with Gasteiger partial charge in [-0.3, -0.25) is 9.59 Å². The summed E-state index contributed by atoms with van der Waals surface area (Å²) >= 11 is 0. The number of alkyl carbamates (subject to hydrolysis) is 1. The van der Waals surface area contributed by atoms with Crippen molar-refractivity contribution in [2.75, 3.05) is 50.8 Å². The molecule has 3 fully saturated rings. The van der Waals surface area contributed by atoms with Crippen LogP contribution in [0.5, 0.6) is 0 Å². The Morgan fingerprint density at radius 2 is 1.60 bits per heavy atom. The van der Waals surface area contributed by atoms with Crippen LogP contribution >= 0.6 is 0 Å². The quantitative estimate of drug-likeness (QED) is 0.361. The standard InChI is InChI=1S/C35H49N7O6/c1-7-8-18-47-34(46)41-16-14-40(15-17-41)32(44)28(22(2)3)38-31(43)26-19-27(37-30(36-26)23-12-10-9-11-13-23)42-20-24-25(21-42)29(24)39-33(45)48-35(4,5)6/h9-13,19,22,24-25,28-29H,7-8,14-18,20-21H2,1-6H3,(H,38,43)(H,39,45)/t24-,25+,28-,29?/m0/s1. The molecule has 1 unspecified atom stereocenters. The normalized spacial score (nSPS) is 21.0. The van der Waals surface area contributed by atoms with Crippen LogP contribution in [0.3, 0.4) is 0 Å². The number of carbonyl (C=O) groups is 4. The van der Waals surface area contributed by atoms with E-state index < -0.39 is 23.6 Å². The van der Waals surface area contributed by atoms with Crippen LogP contribution in [0.25, 0.3) is 11.4 Å². The summed E-state index contributed by atoms with van der Waals surface area (Å²) in [4.78, 5) is 67.1. The first-order chi connectivity index (χ1) is 22.8. The second kappa shape index (κ2) is 14.8. The molecule has 2 aromatic rings. The molecule has 1 aromatic carbocycles. The van der Waals surface area contributed by atoms with E-state index in [4.69, 9.17) is 14.5 Å². The third-order valence-electron chi connectivity index (χ3n) is 8.97. The molecule has 5 rings (SSSR count). The Kier molecular flexibility index (Phi) is 10.7. The number of ether oxygens (including phenoxy) is 2. The second-order valence-electron chi connectivity index (χ2n) is 14.2. The third kappa shape index (κ3) is 8.53. The van der Waals surface area contributed by atoms with Gasteiger partial charge in [-0.05, 0) is 33.1 Å². The topological polar surface area (TPSA) is 146 Å². The second-order valence-corrected chi connectivity index (χ2v) is 14.2. The lowest BCUT2D eigenvalue weighted by Gasteiger charge is -2.36. The Morgan fingerprint density at radius 1 is 0.958 bits per heavy atom. The van der Waals surface area contributed by atoms with E-state index in [1.807, 2.05) is 71.9 Å². The van der Waals surface area contributed by atoms with E-state index in [1.54, 1.807) is 15.9 Å². The molecule has 4 amide bonds. The van der Waals surface area contributed by atoms with Crippen molar-refractivity contribution in [3.63, 3.8) is 0 Å². The van der Waals surface area contributed by atoms with Crippen molar-refractivity contribution in [3.05, 3.63) is 42.1 Å². The Hall–Kier alpha value is -4.42. The number of nitrogens with one attached hydrogen (secondary N) is 2. The summed E-state index contributed by atoms with van der Waals surface area (Å²) < 4.78 is 10.8. The number of hydrogen-bond acceptors (Lipinski definition) is 9. The molecule has 4 atom stereocenters. The van der Waals surface area contributed by atoms with Gasteiger partial charge in [0.1, 0.15) is 23.2 Å². The number of anilines is 1. The largest absolute Gasteiger partial charge is 0.449 e. The first kappa shape index (κ1) is 34.9. The maximum Gasteiger partial charge on any atom is 0.409 e. The minimum atomic E-state index is -0.779. The molecular formula is C35H49N7O6. The van der Waals surface area contributed by atoms with Gasteiger partial charge in [0, 0.05) is 68.8 Å². The maximum atomic E-state index is 13.8. The molecule has 0 spiro atoms. The highest BCUT2D eigenvalue weighted by Gasteiger charge is 2.57. The fourth-order valence-corrected chi connectivity index (χ4v) is 6.23. The molecule has 3 heterocycles. The van der Waals surface area contributed by atoms with Crippen LogP contribution in [0.1, 0.15) is 64.9 Å². The zero-order valence-corrected chi connectivity index (χ0v) is 28.9. The van der Waals surface area contributed by atoms with Gasteiger partial charge < -0.3 is 34.8 Å². The highest BCUT2D eigenvalue weighted by molar-refractivity contribution is 5.97. The molecule has 13 heteroatoms. The highest BCUT2D eigenvalue weighted by Crippen LogP contribution is 2.46. The number of nitrogens with zero attached hydrogens (tertiary/aromatic N) is 5. The van der Waals surface area contributed by atoms with Gasteiger partial charge in [0.05, 0.1) is 6.61 Å². The minimum Gasteiger partial charge on any atom is -0.449 e. The Labute approximate surface area is 282 Å². The molecule has 1 saturated carbocycles. The zero-order chi connectivity index (χ0) is 34.6. The van der Waals surface area contributed by atoms with E-state index in [-0.39, 0.29) is 41.5 Å². The molecule has 260 valence electrons. The number of amides is 4. The fourth-order valence-electron chi connectivity index (χ4n) is 6.23. The lowest BCUT2D eigenvalue weighted by Crippen LogP contribution is -2.57. The van der Waals surface area contributed by atoms with Gasteiger partial charge in [-0.2, -0.15) is 0 Å². The van der Waals surface area contributed by atoms with Crippen LogP contribution in [0, 0.1) is 17.8 Å². The lowest BCUT2D eigenvalue weighted by molar-refractivity contribution is -0.136. The van der Waals surface area contributed by atoms with Crippen molar-refractivity contribution in [2.45, 2.75) is 72.1 Å². The number of fused-ring (bicyclic) bond motifs is 1. The number of aromatic nitrogens is 2. The van der Waals surface area contributed by atoms with Gasteiger partial charge >= 0.3 is 12.2 Å². The number of unbranched alkanes of at least 4 members (excludes halogenated alkanes) is 1. The Bertz CT molecular complexity index is 1460. The van der Waals surface area contributed by atoms with Crippen LogP contribution in [-0.2, 0) is 14.3 Å². The van der Waals surface area contributed by atoms with Crippen molar-refractivity contribution in [1.29, 1.82) is 0 Å². The fraction of sp³-hybridized carbons (Fsp3) is 0.600. The summed E-state index contributed by atoms with van der Waals surface area (Å²) in [6.07, 6.45) is 0.981. The molecule has 1 aliphatic carbocycles. The molecular weight excluding hydrogens is 614 g/mol. The van der Waals surface area contributed by atoms with E-state index in [1.165, 1.54) is 0 Å². The van der Waals surface area contributed by atoms with E-state index in [9.17, 15) is 19.2 Å². The summed E-state index contributed by atoms with van der Waals surface area (Å²) in [7, 11) is 0. The van der Waals surface area contributed by atoms with Gasteiger partial charge in [-0.15, -0.1) is 0 Å². The maximum absolute atomic E-state index is 13.8. The number of piperazine rings is 1. The van der Waals surface area contributed by atoms with Gasteiger partial charge in [-0.1, -0.05) is 57.5 Å². The van der Waals surface area contributed by atoms with Crippen molar-refractivity contribution in [3.8, 4) is 11.4 Å². The zero-order valence-electron chi connectivity index (χ0n) is 28.9. The smallest absolute Gasteiger partial charge is 0.409 e. The predicted octanol–water partition coefficient (Wildman–Crippen LogP) is 3.94. The number of hydrogen-bond donors (Lipinski definition) is 2. The van der Waals surface area contributed by atoms with Gasteiger partial charge in [0.25, 0.3) is 5.91 Å². The van der Waals surface area contributed by atoms with Crippen LogP contribution in [0.15, 0.2) is 36.4 Å². The molecule has 3 aliphatic rings. The molecule has 1 aromatic heterocycles. The van der Waals surface area contributed by atoms with Crippen molar-refractivity contribution < 1.29 is 28.7 Å². The number of rotatable bonds is 10. The summed E-state index contributed by atoms with van der Waals surface area (Å²) in [6, 6.07) is 10.4. The summed E-state index contributed by atoms with van der Waals surface area (Å²) in [5.74, 6) is 0.697. The first-order valence-corrected chi connectivity index (χ1v) is 17.0. The van der Waals surface area contributed by atoms with Crippen LogP contribution in [0.4, 0.5) is 15.4 Å². The third-order valence-corrected chi connectivity index (χ3v) is 8.97. The first-order valence-electron chi connectivity index (χ1n) is 17.0. The van der Waals surface area contributed by atoms with Crippen LogP contribution < -0.4 is 15.5 Å². The Balaban J connectivity index is 1.26. The predicted molar refractivity (Wildman–Crippen MR) is 180 cm³/mol. The molecule has 2 saturated heterocycles. The number of piperidine rings is 1. The van der Waals surface area contributed by atoms with E-state index >= 15 is 0 Å². The molecule has 0 bridgehead atoms. The van der Waals surface area contributed by atoms with E-state index in [2.05, 4.69) is 20.5 Å². The minimum absolute atomic E-state index is 0.0423. The average molecular weight is 664 g/mol. The molecule has 2 N–H and O–H groups in total. The van der Waals surface area contributed by atoms with E-state index in [0.29, 0.717) is 57.5 Å². The van der Waals surface area contributed by atoms with Gasteiger partial charge in [-0.25, -0.2) is 19.6 Å². The Morgan fingerprint density at radius 3 is 2.21 bits per heavy atom. The van der Waals surface area contributed by atoms with Crippen LogP contribution in [0.2, 0.25) is 0 Å². The van der Waals surface area contributed by atoms with Gasteiger partial charge in [0.15, 0.2) is 5.82 Å². The number of carbonyl (C=O) groups excluding carboxylic acids is 4. The monoisotopic (exact) mass is 663 g/mol. The van der Waals surface area contributed by atoms with Crippen LogP contribution in [-0.4, -0.2) is 107 Å². The van der Waals surface area contributed by atoms with E-state index in [0.717, 1.165) is 18.4 Å². The molecule has 0 radical (unpaired) electrons. The van der Waals surface area contributed by atoms with Crippen molar-refractivity contribution in [2.24, 2.45) is 17.8 Å². The van der Waals surface area contributed by atoms with Crippen molar-refractivity contribution >= 4 is 29.8 Å². The number of benzene rings is 1. The van der Waals surface area contributed by atoms with Gasteiger partial charge in [0.2, 0.25) is 5.91 Å². The summed E-state index contributed by atoms with van der Waals surface area (Å²) in [6.45, 7) is 14.5. The molecule has 48 heavy (non-hydrogen) atoms. The molecule has 13 nitrogen and oxygen atoms in total. The SMILES string of the molecule is CCCCOC(=O)N1CCN(C(=O)[C@@H](NC(=O)c2cc(N3C[C@@H]4C(NC(=O)OC(C)(C)C)[C@@H]4C3)nc(-c3ccccc3)n2)C(C)C)CC1. The average Bonchev–Trinajstić information content (AvgIpc) is 3.46. The highest BCUT2D eigenvalue weighted by atomic mass is 16.6. The summed E-state index contributed by atoms with van der Waals surface area (Å²) in [5, 5.41) is 5.95. The van der Waals surface area contributed by atoms with Crippen molar-refractivity contribution in [1.82, 2.24) is 30.4 Å². The lowest BCUT2D eigenvalue weighted by atomic mass is 10.0. The molecule has 2 aliphatic heterocycles. The summed E-state index contributed by atoms with van der Waals surface area (Å²) in [5.41, 5.74) is 0.370.